The third-order valence-electron chi connectivity index (χ3n) is 5.35. The van der Waals surface area contributed by atoms with Gasteiger partial charge in [-0.3, -0.25) is 4.98 Å². The predicted molar refractivity (Wildman–Crippen MR) is 96.0 cm³/mol. The maximum absolute atomic E-state index is 12.6. The number of nitrogens with one attached hydrogen (secondary N) is 1. The lowest BCUT2D eigenvalue weighted by Crippen LogP contribution is -2.62. The zero-order chi connectivity index (χ0) is 16.7. The van der Waals surface area contributed by atoms with Gasteiger partial charge in [-0.25, -0.2) is 4.79 Å². The summed E-state index contributed by atoms with van der Waals surface area (Å²) < 4.78 is 0. The number of aryl methyl sites for hydroxylation is 2. The summed E-state index contributed by atoms with van der Waals surface area (Å²) in [5.74, 6) is 0. The van der Waals surface area contributed by atoms with Gasteiger partial charge in [-0.15, -0.1) is 0 Å². The number of rotatable bonds is 2. The van der Waals surface area contributed by atoms with Crippen molar-refractivity contribution in [2.24, 2.45) is 0 Å². The first kappa shape index (κ1) is 15.2. The summed E-state index contributed by atoms with van der Waals surface area (Å²) in [5, 5.41) is 3.09. The van der Waals surface area contributed by atoms with Crippen molar-refractivity contribution in [2.45, 2.75) is 51.6 Å². The minimum absolute atomic E-state index is 0.0489. The van der Waals surface area contributed by atoms with Gasteiger partial charge in [0.1, 0.15) is 0 Å². The molecule has 2 aliphatic rings. The molecule has 0 aliphatic carbocycles. The highest BCUT2D eigenvalue weighted by atomic mass is 16.2. The number of benzene rings is 1. The number of carbonyl (C=O) groups excluding carboxylic acids is 1. The number of hydrogen-bond donors (Lipinski definition) is 1. The van der Waals surface area contributed by atoms with Crippen LogP contribution in [-0.2, 0) is 0 Å². The summed E-state index contributed by atoms with van der Waals surface area (Å²) in [5.41, 5.74) is 5.23. The van der Waals surface area contributed by atoms with Crippen LogP contribution < -0.4 is 5.32 Å². The third kappa shape index (κ3) is 2.66. The van der Waals surface area contributed by atoms with E-state index in [2.05, 4.69) is 35.4 Å². The molecule has 0 saturated carbocycles. The highest BCUT2D eigenvalue weighted by Crippen LogP contribution is 2.38. The van der Waals surface area contributed by atoms with Gasteiger partial charge in [0.15, 0.2) is 0 Å². The molecule has 124 valence electrons. The standard InChI is InChI=1S/C20H23N3O/c1-13-6-9-16(10-19(13)15-8-7-14(2)21-12-15)22-20(24)23-17-4-3-5-18(23)11-17/h6-10,12,17-18H,3-5,11H2,1-2H3,(H,22,24). The van der Waals surface area contributed by atoms with Gasteiger partial charge in [0.05, 0.1) is 0 Å². The minimum atomic E-state index is 0.0489. The molecule has 3 heterocycles. The average molecular weight is 321 g/mol. The molecule has 4 heteroatoms. The summed E-state index contributed by atoms with van der Waals surface area (Å²) >= 11 is 0. The summed E-state index contributed by atoms with van der Waals surface area (Å²) in [6.07, 6.45) is 6.63. The SMILES string of the molecule is Cc1ccc(-c2cc(NC(=O)N3C4CCCC3C4)ccc2C)cn1. The zero-order valence-corrected chi connectivity index (χ0v) is 14.2. The second-order valence-electron chi connectivity index (χ2n) is 7.03. The molecular weight excluding hydrogens is 298 g/mol. The molecule has 1 N–H and O–H groups in total. The van der Waals surface area contributed by atoms with Gasteiger partial charge in [-0.05, 0) is 68.9 Å². The van der Waals surface area contributed by atoms with E-state index in [0.29, 0.717) is 12.1 Å². The van der Waals surface area contributed by atoms with Crippen molar-refractivity contribution in [1.29, 1.82) is 0 Å². The van der Waals surface area contributed by atoms with E-state index in [-0.39, 0.29) is 6.03 Å². The molecule has 1 aromatic carbocycles. The number of carbonyl (C=O) groups is 1. The number of fused-ring (bicyclic) bond motifs is 2. The second kappa shape index (κ2) is 5.93. The Bertz CT molecular complexity index is 755. The van der Waals surface area contributed by atoms with E-state index in [1.54, 1.807) is 0 Å². The van der Waals surface area contributed by atoms with Crippen LogP contribution >= 0.6 is 0 Å². The van der Waals surface area contributed by atoms with Crippen molar-refractivity contribution >= 4 is 11.7 Å². The Morgan fingerprint density at radius 2 is 1.96 bits per heavy atom. The predicted octanol–water partition coefficient (Wildman–Crippen LogP) is 4.52. The van der Waals surface area contributed by atoms with Crippen molar-refractivity contribution in [3.63, 3.8) is 0 Å². The fraction of sp³-hybridized carbons (Fsp3) is 0.400. The molecule has 2 bridgehead atoms. The van der Waals surface area contributed by atoms with E-state index in [4.69, 9.17) is 0 Å². The van der Waals surface area contributed by atoms with E-state index >= 15 is 0 Å². The molecular formula is C20H23N3O. The highest BCUT2D eigenvalue weighted by molar-refractivity contribution is 5.91. The quantitative estimate of drug-likeness (QED) is 0.883. The van der Waals surface area contributed by atoms with Crippen molar-refractivity contribution in [3.05, 3.63) is 47.8 Å². The molecule has 2 fully saturated rings. The number of nitrogens with zero attached hydrogens (tertiary/aromatic N) is 2. The van der Waals surface area contributed by atoms with E-state index in [1.807, 2.05) is 30.2 Å². The number of amides is 2. The van der Waals surface area contributed by atoms with Gasteiger partial charge < -0.3 is 10.2 Å². The maximum atomic E-state index is 12.6. The fourth-order valence-electron chi connectivity index (χ4n) is 3.96. The van der Waals surface area contributed by atoms with Gasteiger partial charge in [0, 0.05) is 35.2 Å². The Balaban J connectivity index is 1.55. The summed E-state index contributed by atoms with van der Waals surface area (Å²) in [7, 11) is 0. The van der Waals surface area contributed by atoms with Crippen molar-refractivity contribution in [1.82, 2.24) is 9.88 Å². The molecule has 2 unspecified atom stereocenters. The van der Waals surface area contributed by atoms with Crippen LogP contribution in [0.1, 0.15) is 36.9 Å². The fourth-order valence-corrected chi connectivity index (χ4v) is 3.96. The monoisotopic (exact) mass is 321 g/mol. The Morgan fingerprint density at radius 3 is 2.62 bits per heavy atom. The van der Waals surface area contributed by atoms with Crippen LogP contribution in [0.15, 0.2) is 36.5 Å². The van der Waals surface area contributed by atoms with Gasteiger partial charge in [-0.2, -0.15) is 0 Å². The molecule has 4 rings (SSSR count). The van der Waals surface area contributed by atoms with Gasteiger partial charge in [0.25, 0.3) is 0 Å². The van der Waals surface area contributed by atoms with E-state index in [1.165, 1.54) is 18.4 Å². The molecule has 2 atom stereocenters. The number of urea groups is 1. The molecule has 1 aromatic heterocycles. The van der Waals surface area contributed by atoms with Crippen molar-refractivity contribution < 1.29 is 4.79 Å². The zero-order valence-electron chi connectivity index (χ0n) is 14.2. The van der Waals surface area contributed by atoms with Crippen LogP contribution in [0.25, 0.3) is 11.1 Å². The molecule has 24 heavy (non-hydrogen) atoms. The lowest BCUT2D eigenvalue weighted by molar-refractivity contribution is 0.0173. The molecule has 4 nitrogen and oxygen atoms in total. The van der Waals surface area contributed by atoms with Gasteiger partial charge in [-0.1, -0.05) is 12.1 Å². The molecule has 0 radical (unpaired) electrons. The smallest absolute Gasteiger partial charge is 0.318 e. The minimum Gasteiger partial charge on any atom is -0.318 e. The summed E-state index contributed by atoms with van der Waals surface area (Å²) in [6.45, 7) is 4.07. The summed E-state index contributed by atoms with van der Waals surface area (Å²) in [4.78, 5) is 19.0. The first-order chi connectivity index (χ1) is 11.6. The van der Waals surface area contributed by atoms with Crippen LogP contribution in [0, 0.1) is 13.8 Å². The number of aromatic nitrogens is 1. The number of anilines is 1. The van der Waals surface area contributed by atoms with Crippen LogP contribution in [-0.4, -0.2) is 28.0 Å². The topological polar surface area (TPSA) is 45.2 Å². The Kier molecular flexibility index (Phi) is 3.75. The number of pyridine rings is 1. The van der Waals surface area contributed by atoms with Crippen molar-refractivity contribution in [3.8, 4) is 11.1 Å². The van der Waals surface area contributed by atoms with Crippen LogP contribution in [0.2, 0.25) is 0 Å². The van der Waals surface area contributed by atoms with Gasteiger partial charge >= 0.3 is 6.03 Å². The molecule has 2 aromatic rings. The number of piperidine rings is 1. The highest BCUT2D eigenvalue weighted by Gasteiger charge is 2.44. The van der Waals surface area contributed by atoms with Gasteiger partial charge in [0.2, 0.25) is 0 Å². The first-order valence-corrected chi connectivity index (χ1v) is 8.75. The first-order valence-electron chi connectivity index (χ1n) is 8.75. The Morgan fingerprint density at radius 1 is 1.17 bits per heavy atom. The van der Waals surface area contributed by atoms with Crippen molar-refractivity contribution in [2.75, 3.05) is 5.32 Å². The lowest BCUT2D eigenvalue weighted by atomic mass is 9.80. The van der Waals surface area contributed by atoms with E-state index < -0.39 is 0 Å². The third-order valence-corrected chi connectivity index (χ3v) is 5.35. The lowest BCUT2D eigenvalue weighted by Gasteiger charge is -2.52. The molecule has 2 aliphatic heterocycles. The average Bonchev–Trinajstić information content (AvgIpc) is 2.58. The molecule has 0 spiro atoms. The second-order valence-corrected chi connectivity index (χ2v) is 7.03. The van der Waals surface area contributed by atoms with Crippen LogP contribution in [0.4, 0.5) is 10.5 Å². The summed E-state index contributed by atoms with van der Waals surface area (Å²) in [6, 6.07) is 11.1. The Labute approximate surface area is 142 Å². The van der Waals surface area contributed by atoms with Crippen LogP contribution in [0.5, 0.6) is 0 Å². The maximum Gasteiger partial charge on any atom is 0.322 e. The largest absolute Gasteiger partial charge is 0.322 e. The normalized spacial score (nSPS) is 22.0. The van der Waals surface area contributed by atoms with Crippen LogP contribution in [0.3, 0.4) is 0 Å². The van der Waals surface area contributed by atoms with E-state index in [0.717, 1.165) is 35.3 Å². The number of hydrogen-bond acceptors (Lipinski definition) is 2. The Hall–Kier alpha value is -2.36. The molecule has 2 amide bonds. The van der Waals surface area contributed by atoms with E-state index in [9.17, 15) is 4.79 Å². The molecule has 2 saturated heterocycles.